The number of likely N-dealkylation sites (tertiary alicyclic amines) is 1. The zero-order valence-corrected chi connectivity index (χ0v) is 20.1. The molecule has 1 saturated carbocycles. The van der Waals surface area contributed by atoms with Crippen LogP contribution in [0.15, 0.2) is 54.6 Å². The largest absolute Gasteiger partial charge is 0.416 e. The molecule has 9 heteroatoms. The van der Waals surface area contributed by atoms with Crippen LogP contribution in [0.2, 0.25) is 0 Å². The van der Waals surface area contributed by atoms with Crippen LogP contribution in [0.25, 0.3) is 0 Å². The summed E-state index contributed by atoms with van der Waals surface area (Å²) < 4.78 is 44.9. The van der Waals surface area contributed by atoms with Crippen molar-refractivity contribution >= 4 is 11.8 Å². The monoisotopic (exact) mass is 503 g/mol. The highest BCUT2D eigenvalue weighted by Crippen LogP contribution is 2.30. The van der Waals surface area contributed by atoms with Gasteiger partial charge in [0.2, 0.25) is 5.91 Å². The molecule has 2 aromatic carbocycles. The van der Waals surface area contributed by atoms with Crippen LogP contribution in [0.1, 0.15) is 53.6 Å². The number of amides is 2. The topological polar surface area (TPSA) is 70.7 Å². The Morgan fingerprint density at radius 1 is 1.00 bits per heavy atom. The first-order valence-electron chi connectivity index (χ1n) is 12.4. The molecule has 6 nitrogen and oxygen atoms in total. The minimum atomic E-state index is -4.54. The molecule has 1 heterocycles. The lowest BCUT2D eigenvalue weighted by Gasteiger charge is -2.38. The highest BCUT2D eigenvalue weighted by Gasteiger charge is 2.35. The van der Waals surface area contributed by atoms with Crippen molar-refractivity contribution in [1.29, 1.82) is 0 Å². The molecule has 0 bridgehead atoms. The second-order valence-electron chi connectivity index (χ2n) is 9.50. The first-order chi connectivity index (χ1) is 17.3. The number of alkyl halides is 3. The van der Waals surface area contributed by atoms with Crippen molar-refractivity contribution in [3.8, 4) is 0 Å². The lowest BCUT2D eigenvalue weighted by Crippen LogP contribution is -2.48. The van der Waals surface area contributed by atoms with Gasteiger partial charge in [-0.3, -0.25) is 14.5 Å². The third-order valence-corrected chi connectivity index (χ3v) is 6.89. The Hall–Kier alpha value is -2.91. The predicted molar refractivity (Wildman–Crippen MR) is 129 cm³/mol. The van der Waals surface area contributed by atoms with Crippen LogP contribution in [-0.4, -0.2) is 54.5 Å². The predicted octanol–water partition coefficient (Wildman–Crippen LogP) is 4.15. The van der Waals surface area contributed by atoms with Crippen LogP contribution >= 0.6 is 0 Å². The molecule has 1 aliphatic carbocycles. The molecule has 2 N–H and O–H groups in total. The van der Waals surface area contributed by atoms with E-state index in [1.807, 2.05) is 18.2 Å². The first-order valence-corrected chi connectivity index (χ1v) is 12.4. The van der Waals surface area contributed by atoms with E-state index in [0.717, 1.165) is 56.3 Å². The molecule has 1 aliphatic heterocycles. The maximum Gasteiger partial charge on any atom is 0.416 e. The van der Waals surface area contributed by atoms with E-state index in [1.165, 1.54) is 12.1 Å². The molecule has 36 heavy (non-hydrogen) atoms. The molecule has 2 aromatic rings. The number of nitrogens with one attached hydrogen (secondary N) is 2. The van der Waals surface area contributed by atoms with Gasteiger partial charge < -0.3 is 15.4 Å². The molecule has 0 spiro atoms. The van der Waals surface area contributed by atoms with Crippen LogP contribution in [0.4, 0.5) is 13.2 Å². The van der Waals surface area contributed by atoms with Gasteiger partial charge >= 0.3 is 6.18 Å². The molecule has 0 aromatic heterocycles. The summed E-state index contributed by atoms with van der Waals surface area (Å²) >= 11 is 0. The summed E-state index contributed by atoms with van der Waals surface area (Å²) in [6.45, 7) is 1.86. The third kappa shape index (κ3) is 7.07. The van der Waals surface area contributed by atoms with Crippen molar-refractivity contribution in [3.63, 3.8) is 0 Å². The van der Waals surface area contributed by atoms with Crippen molar-refractivity contribution in [3.05, 3.63) is 71.3 Å². The van der Waals surface area contributed by atoms with Gasteiger partial charge in [0.25, 0.3) is 5.91 Å². The minimum absolute atomic E-state index is 0.0420. The second kappa shape index (κ2) is 11.9. The second-order valence-corrected chi connectivity index (χ2v) is 9.50. The highest BCUT2D eigenvalue weighted by molar-refractivity contribution is 5.96. The van der Waals surface area contributed by atoms with E-state index < -0.39 is 17.6 Å². The lowest BCUT2D eigenvalue weighted by atomic mass is 9.91. The van der Waals surface area contributed by atoms with Gasteiger partial charge in [0.1, 0.15) is 0 Å². The van der Waals surface area contributed by atoms with E-state index in [9.17, 15) is 22.8 Å². The van der Waals surface area contributed by atoms with Gasteiger partial charge in [-0.2, -0.15) is 13.2 Å². The summed E-state index contributed by atoms with van der Waals surface area (Å²) in [6, 6.07) is 14.5. The van der Waals surface area contributed by atoms with E-state index in [4.69, 9.17) is 4.74 Å². The standard InChI is InChI=1S/C27H32F3N3O3/c28-27(29,30)21-10-6-9-20(15-21)26(35)31-16-25(34)32-22-13-14-33(17-22)23-11-4-5-12-24(23)36-18-19-7-2-1-3-8-19/h1-3,6-10,15,22-24H,4-5,11-14,16-18H2,(H,31,35)(H,32,34)/t22-,23+,24+/m1/s1. The number of hydrogen-bond acceptors (Lipinski definition) is 4. The van der Waals surface area contributed by atoms with Gasteiger partial charge in [0.05, 0.1) is 24.8 Å². The average Bonchev–Trinajstić information content (AvgIpc) is 3.34. The number of carbonyl (C=O) groups is 2. The van der Waals surface area contributed by atoms with E-state index >= 15 is 0 Å². The van der Waals surface area contributed by atoms with Crippen LogP contribution in [0.5, 0.6) is 0 Å². The Morgan fingerprint density at radius 3 is 2.56 bits per heavy atom. The van der Waals surface area contributed by atoms with Gasteiger partial charge in [-0.15, -0.1) is 0 Å². The highest BCUT2D eigenvalue weighted by atomic mass is 19.4. The van der Waals surface area contributed by atoms with Gasteiger partial charge in [0, 0.05) is 30.7 Å². The van der Waals surface area contributed by atoms with Crippen LogP contribution in [0.3, 0.4) is 0 Å². The van der Waals surface area contributed by atoms with Crippen molar-refractivity contribution < 1.29 is 27.5 Å². The number of hydrogen-bond donors (Lipinski definition) is 2. The molecule has 1 saturated heterocycles. The fourth-order valence-electron chi connectivity index (χ4n) is 5.05. The zero-order valence-electron chi connectivity index (χ0n) is 20.1. The fraction of sp³-hybridized carbons (Fsp3) is 0.481. The summed E-state index contributed by atoms with van der Waals surface area (Å²) in [4.78, 5) is 27.1. The van der Waals surface area contributed by atoms with Crippen molar-refractivity contribution in [2.75, 3.05) is 19.6 Å². The molecule has 4 rings (SSSR count). The Morgan fingerprint density at radius 2 is 1.78 bits per heavy atom. The van der Waals surface area contributed by atoms with E-state index in [1.54, 1.807) is 0 Å². The van der Waals surface area contributed by atoms with Crippen LogP contribution in [-0.2, 0) is 22.3 Å². The van der Waals surface area contributed by atoms with Crippen LogP contribution < -0.4 is 10.6 Å². The number of rotatable bonds is 8. The molecule has 2 aliphatic rings. The van der Waals surface area contributed by atoms with E-state index in [-0.39, 0.29) is 30.2 Å². The smallest absolute Gasteiger partial charge is 0.372 e. The molecule has 2 amide bonds. The number of carbonyl (C=O) groups excluding carboxylic acids is 2. The molecule has 3 atom stereocenters. The fourth-order valence-corrected chi connectivity index (χ4v) is 5.05. The van der Waals surface area contributed by atoms with Gasteiger partial charge in [-0.25, -0.2) is 0 Å². The quantitative estimate of drug-likeness (QED) is 0.568. The van der Waals surface area contributed by atoms with Gasteiger partial charge in [-0.1, -0.05) is 49.2 Å². The average molecular weight is 504 g/mol. The van der Waals surface area contributed by atoms with Crippen molar-refractivity contribution in [2.24, 2.45) is 0 Å². The maximum absolute atomic E-state index is 12.9. The summed E-state index contributed by atoms with van der Waals surface area (Å²) in [5.41, 5.74) is 0.114. The van der Waals surface area contributed by atoms with Gasteiger partial charge in [-0.05, 0) is 43.0 Å². The summed E-state index contributed by atoms with van der Waals surface area (Å²) in [6.07, 6.45) is 0.807. The SMILES string of the molecule is O=C(CNC(=O)c1cccc(C(F)(F)F)c1)N[C@@H]1CCN([C@H]2CCCC[C@@H]2OCc2ccccc2)C1. The van der Waals surface area contributed by atoms with E-state index in [0.29, 0.717) is 19.2 Å². The first kappa shape index (κ1) is 26.2. The van der Waals surface area contributed by atoms with Crippen molar-refractivity contribution in [1.82, 2.24) is 15.5 Å². The van der Waals surface area contributed by atoms with Crippen molar-refractivity contribution in [2.45, 2.75) is 63.1 Å². The Balaban J connectivity index is 1.23. The third-order valence-electron chi connectivity index (χ3n) is 6.89. The molecule has 2 fully saturated rings. The Kier molecular flexibility index (Phi) is 8.64. The lowest BCUT2D eigenvalue weighted by molar-refractivity contribution is -0.137. The summed E-state index contributed by atoms with van der Waals surface area (Å²) in [5, 5.41) is 5.36. The number of halogens is 3. The molecule has 0 radical (unpaired) electrons. The molecule has 0 unspecified atom stereocenters. The molecular weight excluding hydrogens is 471 g/mol. The Labute approximate surface area is 209 Å². The summed E-state index contributed by atoms with van der Waals surface area (Å²) in [5.74, 6) is -1.08. The minimum Gasteiger partial charge on any atom is -0.372 e. The number of benzene rings is 2. The molecular formula is C27H32F3N3O3. The number of nitrogens with zero attached hydrogens (tertiary/aromatic N) is 1. The number of ether oxygens (including phenoxy) is 1. The summed E-state index contributed by atoms with van der Waals surface area (Å²) in [7, 11) is 0. The zero-order chi connectivity index (χ0) is 25.5. The Bertz CT molecular complexity index is 1030. The maximum atomic E-state index is 12.9. The normalized spacial score (nSPS) is 22.8. The van der Waals surface area contributed by atoms with Crippen LogP contribution in [0, 0.1) is 0 Å². The van der Waals surface area contributed by atoms with Gasteiger partial charge in [0.15, 0.2) is 0 Å². The van der Waals surface area contributed by atoms with E-state index in [2.05, 4.69) is 27.7 Å². The molecule has 194 valence electrons.